The van der Waals surface area contributed by atoms with E-state index in [0.29, 0.717) is 38.8 Å². The highest BCUT2D eigenvalue weighted by molar-refractivity contribution is 5.93. The van der Waals surface area contributed by atoms with E-state index >= 15 is 0 Å². The van der Waals surface area contributed by atoms with E-state index in [0.717, 1.165) is 11.1 Å². The molecule has 1 saturated heterocycles. The summed E-state index contributed by atoms with van der Waals surface area (Å²) in [5.41, 5.74) is 9.68. The van der Waals surface area contributed by atoms with Gasteiger partial charge < -0.3 is 20.7 Å². The number of likely N-dealkylation sites (tertiary alicyclic amines) is 1. The minimum atomic E-state index is -0.911. The maximum Gasteiger partial charge on any atom is 0.247 e. The van der Waals surface area contributed by atoms with Crippen LogP contribution in [-0.4, -0.2) is 73.0 Å². The van der Waals surface area contributed by atoms with Crippen LogP contribution in [0.5, 0.6) is 0 Å². The Balaban J connectivity index is 1.79. The fourth-order valence-corrected chi connectivity index (χ4v) is 4.99. The molecular weight excluding hydrogens is 518 g/mol. The lowest BCUT2D eigenvalue weighted by atomic mass is 9.74. The van der Waals surface area contributed by atoms with Gasteiger partial charge in [-0.1, -0.05) is 66.7 Å². The van der Waals surface area contributed by atoms with E-state index in [1.807, 2.05) is 74.5 Å². The van der Waals surface area contributed by atoms with Crippen LogP contribution in [0.2, 0.25) is 0 Å². The smallest absolute Gasteiger partial charge is 0.247 e. The van der Waals surface area contributed by atoms with E-state index in [1.165, 1.54) is 6.08 Å². The number of nitrogens with one attached hydrogen (secondary N) is 2. The Morgan fingerprint density at radius 3 is 2.32 bits per heavy atom. The second kappa shape index (κ2) is 14.9. The van der Waals surface area contributed by atoms with Crippen molar-refractivity contribution in [2.75, 3.05) is 33.8 Å². The normalized spacial score (nSPS) is 18.3. The molecule has 9 heteroatoms. The first kappa shape index (κ1) is 32.0. The van der Waals surface area contributed by atoms with Crippen LogP contribution in [0.1, 0.15) is 44.2 Å². The molecule has 0 saturated carbocycles. The molecule has 1 aliphatic rings. The number of rotatable bonds is 13. The maximum atomic E-state index is 13.9. The molecule has 1 heterocycles. The van der Waals surface area contributed by atoms with E-state index in [-0.39, 0.29) is 25.0 Å². The second-order valence-corrected chi connectivity index (χ2v) is 11.8. The summed E-state index contributed by atoms with van der Waals surface area (Å²) in [5, 5.41) is 4.46. The van der Waals surface area contributed by atoms with E-state index in [1.54, 1.807) is 30.1 Å². The number of carbonyl (C=O) groups excluding carboxylic acids is 3. The van der Waals surface area contributed by atoms with Crippen LogP contribution in [-0.2, 0) is 32.1 Å². The molecule has 1 aliphatic heterocycles. The van der Waals surface area contributed by atoms with Crippen LogP contribution >= 0.6 is 0 Å². The minimum Gasteiger partial charge on any atom is -0.374 e. The molecule has 2 aromatic rings. The molecule has 222 valence electrons. The number of ether oxygens (including phenoxy) is 1. The Kier molecular flexibility index (Phi) is 11.6. The van der Waals surface area contributed by atoms with Crippen molar-refractivity contribution >= 4 is 17.7 Å². The van der Waals surface area contributed by atoms with Crippen molar-refractivity contribution in [2.45, 2.75) is 57.7 Å². The molecule has 0 radical (unpaired) electrons. The number of nitrogens with zero attached hydrogens (tertiary/aromatic N) is 2. The zero-order valence-electron chi connectivity index (χ0n) is 24.8. The fraction of sp³-hybridized carbons (Fsp3) is 0.469. The molecule has 0 spiro atoms. The summed E-state index contributed by atoms with van der Waals surface area (Å²) in [4.78, 5) is 42.0. The van der Waals surface area contributed by atoms with Gasteiger partial charge in [-0.15, -0.1) is 0 Å². The first-order valence-corrected chi connectivity index (χ1v) is 14.2. The lowest BCUT2D eigenvalue weighted by Crippen LogP contribution is -2.59. The number of carbonyl (C=O) groups is 3. The summed E-state index contributed by atoms with van der Waals surface area (Å²) in [6.45, 7) is 4.80. The van der Waals surface area contributed by atoms with Crippen molar-refractivity contribution in [2.24, 2.45) is 11.1 Å². The first-order chi connectivity index (χ1) is 19.5. The van der Waals surface area contributed by atoms with Gasteiger partial charge in [0.15, 0.2) is 0 Å². The molecule has 0 bridgehead atoms. The monoisotopic (exact) mass is 563 g/mol. The number of benzene rings is 2. The quantitative estimate of drug-likeness (QED) is 0.255. The summed E-state index contributed by atoms with van der Waals surface area (Å²) in [5.74, 6) is -0.792. The summed E-state index contributed by atoms with van der Waals surface area (Å²) < 4.78 is 5.91. The van der Waals surface area contributed by atoms with Gasteiger partial charge in [0.2, 0.25) is 17.7 Å². The lowest BCUT2D eigenvalue weighted by Gasteiger charge is -2.43. The third-order valence-electron chi connectivity index (χ3n) is 7.00. The number of hydrazine groups is 1. The van der Waals surface area contributed by atoms with Gasteiger partial charge in [-0.25, -0.2) is 5.01 Å². The van der Waals surface area contributed by atoms with Crippen molar-refractivity contribution in [3.8, 4) is 0 Å². The van der Waals surface area contributed by atoms with Crippen LogP contribution in [0.25, 0.3) is 0 Å². The predicted octanol–water partition coefficient (Wildman–Crippen LogP) is 2.82. The molecular formula is C32H45N5O4. The Bertz CT molecular complexity index is 1160. The number of piperidine rings is 1. The average molecular weight is 564 g/mol. The van der Waals surface area contributed by atoms with Gasteiger partial charge in [-0.3, -0.25) is 19.8 Å². The highest BCUT2D eigenvalue weighted by atomic mass is 16.5. The summed E-state index contributed by atoms with van der Waals surface area (Å²) in [6.07, 6.45) is 5.43. The number of hydrogen-bond acceptors (Lipinski definition) is 6. The average Bonchev–Trinajstić information content (AvgIpc) is 2.92. The zero-order chi connectivity index (χ0) is 29.9. The largest absolute Gasteiger partial charge is 0.374 e. The van der Waals surface area contributed by atoms with Crippen molar-refractivity contribution in [1.82, 2.24) is 20.7 Å². The standard InChI is InChI=1S/C32H45N5O4/c1-31(2,33)18-11-17-28(38)34-27(23-41-22-26-15-9-6-10-16-26)29(39)37-20-12-19-32(24-37,30(40)35-36(3)4)21-25-13-7-5-8-14-25/h5-11,13-17,27H,12,18-24,33H2,1-4H3,(H,34,38)(H,35,40)/b17-11+. The molecule has 9 nitrogen and oxygen atoms in total. The SMILES string of the molecule is CN(C)NC(=O)C1(Cc2ccccc2)CCCN(C(=O)C(COCc2ccccc2)NC(=O)/C=C/CC(C)(C)N)C1. The molecule has 3 rings (SSSR count). The predicted molar refractivity (Wildman–Crippen MR) is 160 cm³/mol. The zero-order valence-corrected chi connectivity index (χ0v) is 24.8. The summed E-state index contributed by atoms with van der Waals surface area (Å²) >= 11 is 0. The highest BCUT2D eigenvalue weighted by Gasteiger charge is 2.44. The van der Waals surface area contributed by atoms with Crippen molar-refractivity contribution < 1.29 is 19.1 Å². The van der Waals surface area contributed by atoms with Gasteiger partial charge in [-0.2, -0.15) is 0 Å². The van der Waals surface area contributed by atoms with E-state index in [9.17, 15) is 14.4 Å². The van der Waals surface area contributed by atoms with Gasteiger partial charge in [0.05, 0.1) is 18.6 Å². The van der Waals surface area contributed by atoms with Gasteiger partial charge in [0.25, 0.3) is 0 Å². The van der Waals surface area contributed by atoms with Crippen LogP contribution in [0.4, 0.5) is 0 Å². The molecule has 4 N–H and O–H groups in total. The van der Waals surface area contributed by atoms with Crippen molar-refractivity contribution in [1.29, 1.82) is 0 Å². The van der Waals surface area contributed by atoms with Gasteiger partial charge in [0.1, 0.15) is 6.04 Å². The molecule has 2 atom stereocenters. The molecule has 1 fully saturated rings. The number of nitrogens with two attached hydrogens (primary N) is 1. The Hall–Kier alpha value is -3.53. The number of amides is 3. The molecule has 3 amide bonds. The van der Waals surface area contributed by atoms with Gasteiger partial charge in [-0.05, 0) is 56.7 Å². The molecule has 0 aromatic heterocycles. The first-order valence-electron chi connectivity index (χ1n) is 14.2. The highest BCUT2D eigenvalue weighted by Crippen LogP contribution is 2.34. The third-order valence-corrected chi connectivity index (χ3v) is 7.00. The van der Waals surface area contributed by atoms with Crippen molar-refractivity contribution in [3.63, 3.8) is 0 Å². The fourth-order valence-electron chi connectivity index (χ4n) is 4.99. The van der Waals surface area contributed by atoms with E-state index in [2.05, 4.69) is 10.7 Å². The van der Waals surface area contributed by atoms with E-state index < -0.39 is 22.9 Å². The van der Waals surface area contributed by atoms with E-state index in [4.69, 9.17) is 10.5 Å². The molecule has 2 unspecified atom stereocenters. The third kappa shape index (κ3) is 10.4. The van der Waals surface area contributed by atoms with Gasteiger partial charge >= 0.3 is 0 Å². The van der Waals surface area contributed by atoms with Crippen LogP contribution < -0.4 is 16.5 Å². The molecule has 41 heavy (non-hydrogen) atoms. The van der Waals surface area contributed by atoms with Crippen LogP contribution in [0.3, 0.4) is 0 Å². The Morgan fingerprint density at radius 1 is 1.07 bits per heavy atom. The number of hydrogen-bond donors (Lipinski definition) is 3. The van der Waals surface area contributed by atoms with Gasteiger partial charge in [0, 0.05) is 32.7 Å². The van der Waals surface area contributed by atoms with Crippen molar-refractivity contribution in [3.05, 3.63) is 83.9 Å². The minimum absolute atomic E-state index is 0.00175. The topological polar surface area (TPSA) is 117 Å². The van der Waals surface area contributed by atoms with Crippen LogP contribution in [0, 0.1) is 5.41 Å². The lowest BCUT2D eigenvalue weighted by molar-refractivity contribution is -0.147. The Labute approximate surface area is 244 Å². The Morgan fingerprint density at radius 2 is 1.71 bits per heavy atom. The summed E-state index contributed by atoms with van der Waals surface area (Å²) in [6, 6.07) is 18.6. The maximum absolute atomic E-state index is 13.9. The second-order valence-electron chi connectivity index (χ2n) is 11.8. The summed E-state index contributed by atoms with van der Waals surface area (Å²) in [7, 11) is 3.55. The van der Waals surface area contributed by atoms with Crippen LogP contribution in [0.15, 0.2) is 72.8 Å². The molecule has 0 aliphatic carbocycles. The molecule has 2 aromatic carbocycles.